The third kappa shape index (κ3) is 2.37. The van der Waals surface area contributed by atoms with Crippen LogP contribution in [0.4, 0.5) is 0 Å². The van der Waals surface area contributed by atoms with Crippen molar-refractivity contribution in [3.05, 3.63) is 11.9 Å². The summed E-state index contributed by atoms with van der Waals surface area (Å²) in [4.78, 5) is 0. The first-order valence-electron chi connectivity index (χ1n) is 1.84. The molecule has 0 aliphatic carbocycles. The molecule has 0 fully saturated rings. The van der Waals surface area contributed by atoms with E-state index >= 15 is 0 Å². The van der Waals surface area contributed by atoms with Crippen molar-refractivity contribution >= 4 is 9.24 Å². The van der Waals surface area contributed by atoms with E-state index in [4.69, 9.17) is 5.73 Å². The first-order valence-corrected chi connectivity index (χ1v) is 2.42. The van der Waals surface area contributed by atoms with Gasteiger partial charge in [-0.25, -0.2) is 0 Å². The highest BCUT2D eigenvalue weighted by Crippen LogP contribution is 2.02. The summed E-state index contributed by atoms with van der Waals surface area (Å²) in [6.07, 6.45) is 0. The summed E-state index contributed by atoms with van der Waals surface area (Å²) >= 11 is 0. The average molecular weight is 103 g/mol. The highest BCUT2D eigenvalue weighted by molar-refractivity contribution is 7.22. The van der Waals surface area contributed by atoms with Crippen LogP contribution in [0.3, 0.4) is 0 Å². The molecule has 0 saturated heterocycles. The van der Waals surface area contributed by atoms with E-state index in [0.29, 0.717) is 0 Å². The molecule has 2 atom stereocenters. The Morgan fingerprint density at radius 1 is 2.00 bits per heavy atom. The Morgan fingerprint density at radius 3 is 2.17 bits per heavy atom. The maximum Gasteiger partial charge on any atom is 0.0259 e. The van der Waals surface area contributed by atoms with Crippen LogP contribution >= 0.6 is 9.24 Å². The second-order valence-electron chi connectivity index (χ2n) is 1.36. The van der Waals surface area contributed by atoms with Crippen LogP contribution in [-0.4, -0.2) is 6.04 Å². The lowest BCUT2D eigenvalue weighted by Gasteiger charge is -1.98. The van der Waals surface area contributed by atoms with Gasteiger partial charge in [-0.2, -0.15) is 0 Å². The predicted molar refractivity (Wildman–Crippen MR) is 32.5 cm³/mol. The lowest BCUT2D eigenvalue weighted by atomic mass is 10.4. The van der Waals surface area contributed by atoms with E-state index in [0.717, 1.165) is 5.31 Å². The minimum atomic E-state index is 0.120. The van der Waals surface area contributed by atoms with E-state index in [9.17, 15) is 0 Å². The molecule has 0 aromatic rings. The van der Waals surface area contributed by atoms with Crippen LogP contribution in [0.15, 0.2) is 11.9 Å². The van der Waals surface area contributed by atoms with Crippen molar-refractivity contribution in [2.24, 2.45) is 5.73 Å². The fraction of sp³-hybridized carbons (Fsp3) is 0.500. The lowest BCUT2D eigenvalue weighted by molar-refractivity contribution is 0.915. The smallest absolute Gasteiger partial charge is 0.0259 e. The topological polar surface area (TPSA) is 26.0 Å². The third-order valence-electron chi connectivity index (χ3n) is 0.585. The van der Waals surface area contributed by atoms with Crippen LogP contribution in [0.5, 0.6) is 0 Å². The molecule has 0 heterocycles. The molecule has 36 valence electrons. The monoisotopic (exact) mass is 103 g/mol. The molecule has 0 aliphatic rings. The normalized spacial score (nSPS) is 13.8. The first-order chi connectivity index (χ1) is 2.64. The molecule has 0 radical (unpaired) electrons. The van der Waals surface area contributed by atoms with Crippen molar-refractivity contribution in [2.75, 3.05) is 0 Å². The van der Waals surface area contributed by atoms with Gasteiger partial charge in [0.2, 0.25) is 0 Å². The van der Waals surface area contributed by atoms with Crippen molar-refractivity contribution < 1.29 is 0 Å². The van der Waals surface area contributed by atoms with Crippen molar-refractivity contribution in [1.82, 2.24) is 0 Å². The lowest BCUT2D eigenvalue weighted by Crippen LogP contribution is -2.13. The van der Waals surface area contributed by atoms with Crippen molar-refractivity contribution in [3.63, 3.8) is 0 Å². The van der Waals surface area contributed by atoms with Gasteiger partial charge in [-0.15, -0.1) is 9.24 Å². The molecule has 2 N–H and O–H groups in total. The van der Waals surface area contributed by atoms with Crippen LogP contribution in [0.1, 0.15) is 6.92 Å². The highest BCUT2D eigenvalue weighted by Gasteiger charge is 1.87. The molecule has 0 aromatic heterocycles. The first kappa shape index (κ1) is 6.13. The Morgan fingerprint density at radius 2 is 2.17 bits per heavy atom. The molecule has 0 aromatic carbocycles. The second-order valence-corrected chi connectivity index (χ2v) is 2.11. The summed E-state index contributed by atoms with van der Waals surface area (Å²) in [5, 5.41) is 0.954. The Hall–Kier alpha value is 0.130. The number of hydrogen-bond acceptors (Lipinski definition) is 1. The average Bonchev–Trinajstić information content (AvgIpc) is 1.36. The summed E-state index contributed by atoms with van der Waals surface area (Å²) in [6, 6.07) is 0.120. The quantitative estimate of drug-likeness (QED) is 0.486. The third-order valence-corrected chi connectivity index (χ3v) is 1.11. The van der Waals surface area contributed by atoms with Gasteiger partial charge in [0, 0.05) is 6.04 Å². The van der Waals surface area contributed by atoms with Crippen molar-refractivity contribution in [3.8, 4) is 0 Å². The van der Waals surface area contributed by atoms with Gasteiger partial charge < -0.3 is 5.73 Å². The van der Waals surface area contributed by atoms with Crippen LogP contribution in [0.2, 0.25) is 0 Å². The summed E-state index contributed by atoms with van der Waals surface area (Å²) in [5.74, 6) is 0. The van der Waals surface area contributed by atoms with Crippen molar-refractivity contribution in [2.45, 2.75) is 13.0 Å². The molecule has 1 nitrogen and oxygen atoms in total. The SMILES string of the molecule is C=C(P)C(C)N. The Bertz CT molecular complexity index is 58.6. The van der Waals surface area contributed by atoms with Gasteiger partial charge in [0.15, 0.2) is 0 Å². The molecule has 2 unspecified atom stereocenters. The molecule has 0 aliphatic heterocycles. The Balaban J connectivity index is 3.26. The fourth-order valence-corrected chi connectivity index (χ4v) is 0. The largest absolute Gasteiger partial charge is 0.324 e. The molecule has 0 saturated carbocycles. The minimum absolute atomic E-state index is 0.120. The van der Waals surface area contributed by atoms with Gasteiger partial charge in [0.1, 0.15) is 0 Å². The Labute approximate surface area is 40.8 Å². The van der Waals surface area contributed by atoms with E-state index in [1.54, 1.807) is 0 Å². The van der Waals surface area contributed by atoms with Gasteiger partial charge in [0.25, 0.3) is 0 Å². The zero-order valence-electron chi connectivity index (χ0n) is 3.94. The molecule has 6 heavy (non-hydrogen) atoms. The summed E-state index contributed by atoms with van der Waals surface area (Å²) in [5.41, 5.74) is 5.31. The zero-order chi connectivity index (χ0) is 5.15. The van der Waals surface area contributed by atoms with E-state index in [2.05, 4.69) is 15.8 Å². The van der Waals surface area contributed by atoms with Crippen molar-refractivity contribution in [1.29, 1.82) is 0 Å². The summed E-state index contributed by atoms with van der Waals surface area (Å²) in [6.45, 7) is 5.49. The van der Waals surface area contributed by atoms with E-state index in [1.807, 2.05) is 6.92 Å². The van der Waals surface area contributed by atoms with E-state index in [-0.39, 0.29) is 6.04 Å². The summed E-state index contributed by atoms with van der Waals surface area (Å²) < 4.78 is 0. The van der Waals surface area contributed by atoms with Gasteiger partial charge in [-0.1, -0.05) is 6.58 Å². The molecule has 2 heteroatoms. The van der Waals surface area contributed by atoms with Crippen LogP contribution in [0.25, 0.3) is 0 Å². The van der Waals surface area contributed by atoms with Gasteiger partial charge in [-0.3, -0.25) is 0 Å². The Kier molecular flexibility index (Phi) is 2.38. The second kappa shape index (κ2) is 2.33. The van der Waals surface area contributed by atoms with Gasteiger partial charge in [0.05, 0.1) is 0 Å². The standard InChI is InChI=1S/C4H10NP/c1-3(5)4(2)6/h3H,2,5-6H2,1H3. The van der Waals surface area contributed by atoms with Crippen LogP contribution in [0, 0.1) is 0 Å². The molecule has 0 amide bonds. The molecule has 0 bridgehead atoms. The zero-order valence-corrected chi connectivity index (χ0v) is 5.09. The molecular formula is C4H10NP. The fourth-order valence-electron chi connectivity index (χ4n) is 0. The van der Waals surface area contributed by atoms with Gasteiger partial charge in [-0.05, 0) is 12.2 Å². The predicted octanol–water partition coefficient (Wildman–Crippen LogP) is 0.722. The molecular weight excluding hydrogens is 93.0 g/mol. The number of hydrogen-bond donors (Lipinski definition) is 1. The maximum atomic E-state index is 5.31. The molecule has 0 spiro atoms. The molecule has 0 rings (SSSR count). The number of rotatable bonds is 1. The van der Waals surface area contributed by atoms with E-state index < -0.39 is 0 Å². The highest BCUT2D eigenvalue weighted by atomic mass is 31.0. The van der Waals surface area contributed by atoms with Crippen LogP contribution in [-0.2, 0) is 0 Å². The van der Waals surface area contributed by atoms with Crippen LogP contribution < -0.4 is 5.73 Å². The van der Waals surface area contributed by atoms with Gasteiger partial charge >= 0.3 is 0 Å². The van der Waals surface area contributed by atoms with E-state index in [1.165, 1.54) is 0 Å². The maximum absolute atomic E-state index is 5.31. The minimum Gasteiger partial charge on any atom is -0.324 e. The number of nitrogens with two attached hydrogens (primary N) is 1. The summed E-state index contributed by atoms with van der Waals surface area (Å²) in [7, 11) is 2.45.